The van der Waals surface area contributed by atoms with E-state index in [1.165, 1.54) is 0 Å². The van der Waals surface area contributed by atoms with Gasteiger partial charge in [0.1, 0.15) is 5.69 Å². The first-order chi connectivity index (χ1) is 8.91. The van der Waals surface area contributed by atoms with Crippen LogP contribution >= 0.6 is 0 Å². The summed E-state index contributed by atoms with van der Waals surface area (Å²) in [6.07, 6.45) is 2.32. The minimum Gasteiger partial charge on any atom is -0.354 e. The molecule has 1 heterocycles. The highest BCUT2D eigenvalue weighted by molar-refractivity contribution is 6.04. The van der Waals surface area contributed by atoms with Crippen LogP contribution in [0.2, 0.25) is 0 Å². The van der Waals surface area contributed by atoms with Gasteiger partial charge in [0.25, 0.3) is 5.91 Å². The first kappa shape index (κ1) is 13.8. The first-order valence-corrected chi connectivity index (χ1v) is 6.97. The van der Waals surface area contributed by atoms with E-state index in [9.17, 15) is 9.59 Å². The van der Waals surface area contributed by atoms with Crippen LogP contribution in [0.15, 0.2) is 0 Å². The summed E-state index contributed by atoms with van der Waals surface area (Å²) >= 11 is 0. The summed E-state index contributed by atoms with van der Waals surface area (Å²) in [5.41, 5.74) is 3.02. The predicted molar refractivity (Wildman–Crippen MR) is 74.6 cm³/mol. The number of H-pyrrole nitrogens is 1. The molecule has 0 fully saturated rings. The van der Waals surface area contributed by atoms with E-state index in [-0.39, 0.29) is 17.7 Å². The molecule has 0 aromatic carbocycles. The number of aromatic amines is 1. The molecule has 104 valence electrons. The zero-order chi connectivity index (χ0) is 14.2. The van der Waals surface area contributed by atoms with Crippen LogP contribution in [0.5, 0.6) is 0 Å². The van der Waals surface area contributed by atoms with Gasteiger partial charge in [-0.05, 0) is 38.2 Å². The van der Waals surface area contributed by atoms with Gasteiger partial charge in [0.05, 0.1) is 0 Å². The van der Waals surface area contributed by atoms with Gasteiger partial charge in [-0.2, -0.15) is 0 Å². The van der Waals surface area contributed by atoms with Crippen molar-refractivity contribution in [2.24, 2.45) is 5.92 Å². The Morgan fingerprint density at radius 1 is 1.26 bits per heavy atom. The van der Waals surface area contributed by atoms with Gasteiger partial charge < -0.3 is 10.3 Å². The number of carbonyl (C=O) groups excluding carboxylic acids is 2. The molecule has 2 rings (SSSR count). The highest BCUT2D eigenvalue weighted by Crippen LogP contribution is 2.26. The number of fused-ring (bicyclic) bond motifs is 1. The molecule has 4 heteroatoms. The van der Waals surface area contributed by atoms with Gasteiger partial charge in [-0.15, -0.1) is 0 Å². The molecular formula is C15H22N2O2. The summed E-state index contributed by atoms with van der Waals surface area (Å²) in [6.45, 7) is 7.99. The lowest BCUT2D eigenvalue weighted by atomic mass is 9.93. The Morgan fingerprint density at radius 3 is 2.53 bits per heavy atom. The van der Waals surface area contributed by atoms with Crippen LogP contribution in [0.4, 0.5) is 0 Å². The molecule has 19 heavy (non-hydrogen) atoms. The molecule has 1 aliphatic carbocycles. The smallest absolute Gasteiger partial charge is 0.268 e. The van der Waals surface area contributed by atoms with Gasteiger partial charge in [0.2, 0.25) is 0 Å². The summed E-state index contributed by atoms with van der Waals surface area (Å²) < 4.78 is 0. The monoisotopic (exact) mass is 262 g/mol. The number of rotatable bonds is 3. The van der Waals surface area contributed by atoms with Crippen molar-refractivity contribution >= 4 is 11.7 Å². The van der Waals surface area contributed by atoms with Gasteiger partial charge in [-0.1, -0.05) is 13.8 Å². The number of hydrogen-bond acceptors (Lipinski definition) is 2. The molecular weight excluding hydrogens is 240 g/mol. The summed E-state index contributed by atoms with van der Waals surface area (Å²) in [5.74, 6) is 0.433. The Morgan fingerprint density at radius 2 is 1.95 bits per heavy atom. The van der Waals surface area contributed by atoms with Crippen LogP contribution in [0.1, 0.15) is 65.7 Å². The number of nitrogens with one attached hydrogen (secondary N) is 2. The molecule has 1 amide bonds. The van der Waals surface area contributed by atoms with Crippen molar-refractivity contribution in [1.82, 2.24) is 10.3 Å². The van der Waals surface area contributed by atoms with Gasteiger partial charge in [-0.25, -0.2) is 0 Å². The molecule has 0 spiro atoms. The molecule has 0 saturated carbocycles. The first-order valence-electron chi connectivity index (χ1n) is 6.97. The van der Waals surface area contributed by atoms with E-state index in [1.807, 2.05) is 13.8 Å². The molecule has 1 aromatic rings. The zero-order valence-electron chi connectivity index (χ0n) is 12.1. The minimum absolute atomic E-state index is 0.110. The van der Waals surface area contributed by atoms with Crippen LogP contribution in [-0.4, -0.2) is 22.7 Å². The lowest BCUT2D eigenvalue weighted by Gasteiger charge is -2.17. The topological polar surface area (TPSA) is 62.0 Å². The maximum absolute atomic E-state index is 12.3. The predicted octanol–water partition coefficient (Wildman–Crippen LogP) is 2.62. The van der Waals surface area contributed by atoms with Gasteiger partial charge >= 0.3 is 0 Å². The quantitative estimate of drug-likeness (QED) is 0.879. The lowest BCUT2D eigenvalue weighted by Crippen LogP contribution is -2.36. The largest absolute Gasteiger partial charge is 0.354 e. The number of ketones is 1. The average molecular weight is 262 g/mol. The molecule has 0 saturated heterocycles. The number of aromatic nitrogens is 1. The van der Waals surface area contributed by atoms with Crippen molar-refractivity contribution in [3.8, 4) is 0 Å². The highest BCUT2D eigenvalue weighted by atomic mass is 16.2. The van der Waals surface area contributed by atoms with Crippen molar-refractivity contribution in [2.75, 3.05) is 0 Å². The van der Waals surface area contributed by atoms with E-state index in [2.05, 4.69) is 24.1 Å². The van der Waals surface area contributed by atoms with E-state index in [1.54, 1.807) is 0 Å². The number of aryl methyl sites for hydroxylation is 1. The van der Waals surface area contributed by atoms with Crippen LogP contribution in [-0.2, 0) is 6.42 Å². The Bertz CT molecular complexity index is 514. The highest BCUT2D eigenvalue weighted by Gasteiger charge is 2.26. The number of carbonyl (C=O) groups is 2. The van der Waals surface area contributed by atoms with Crippen LogP contribution in [0.3, 0.4) is 0 Å². The normalized spacial score (nSPS) is 16.4. The van der Waals surface area contributed by atoms with E-state index >= 15 is 0 Å². The Balaban J connectivity index is 2.26. The summed E-state index contributed by atoms with van der Waals surface area (Å²) in [5, 5.41) is 2.98. The van der Waals surface area contributed by atoms with Crippen molar-refractivity contribution in [3.05, 3.63) is 22.5 Å². The van der Waals surface area contributed by atoms with Crippen LogP contribution in [0.25, 0.3) is 0 Å². The second-order valence-electron chi connectivity index (χ2n) is 5.76. The third-order valence-electron chi connectivity index (χ3n) is 4.02. The maximum atomic E-state index is 12.3. The zero-order valence-corrected chi connectivity index (χ0v) is 12.1. The van der Waals surface area contributed by atoms with Gasteiger partial charge in [0.15, 0.2) is 5.78 Å². The van der Waals surface area contributed by atoms with Crippen molar-refractivity contribution in [3.63, 3.8) is 0 Å². The molecule has 0 unspecified atom stereocenters. The van der Waals surface area contributed by atoms with Gasteiger partial charge in [0, 0.05) is 23.7 Å². The molecule has 1 aliphatic rings. The minimum atomic E-state index is -0.110. The molecule has 0 bridgehead atoms. The fourth-order valence-electron chi connectivity index (χ4n) is 2.45. The third-order valence-corrected chi connectivity index (χ3v) is 4.02. The maximum Gasteiger partial charge on any atom is 0.268 e. The Hall–Kier alpha value is -1.58. The van der Waals surface area contributed by atoms with Crippen molar-refractivity contribution in [1.29, 1.82) is 0 Å². The van der Waals surface area contributed by atoms with E-state index < -0.39 is 0 Å². The molecule has 0 aliphatic heterocycles. The lowest BCUT2D eigenvalue weighted by molar-refractivity contribution is 0.0924. The van der Waals surface area contributed by atoms with Crippen LogP contribution in [0, 0.1) is 12.8 Å². The molecule has 0 radical (unpaired) electrons. The average Bonchev–Trinajstić information content (AvgIpc) is 2.68. The van der Waals surface area contributed by atoms with Crippen molar-refractivity contribution < 1.29 is 9.59 Å². The molecule has 1 aromatic heterocycles. The van der Waals surface area contributed by atoms with Crippen molar-refractivity contribution in [2.45, 2.75) is 53.0 Å². The van der Waals surface area contributed by atoms with Crippen LogP contribution < -0.4 is 5.32 Å². The summed E-state index contributed by atoms with van der Waals surface area (Å²) in [4.78, 5) is 27.3. The molecule has 2 N–H and O–H groups in total. The summed E-state index contributed by atoms with van der Waals surface area (Å²) in [6, 6.07) is 0.114. The fourth-order valence-corrected chi connectivity index (χ4v) is 2.45. The standard InChI is InChI=1S/C15H22N2O2/c1-8(2)10(4)16-15(19)14-9(3)13-11(17-14)6-5-7-12(13)18/h8,10,17H,5-7H2,1-4H3,(H,16,19)/t10-/m0/s1. The second-order valence-corrected chi connectivity index (χ2v) is 5.76. The third kappa shape index (κ3) is 2.57. The van der Waals surface area contributed by atoms with E-state index in [4.69, 9.17) is 0 Å². The SMILES string of the molecule is Cc1c(C(=O)N[C@@H](C)C(C)C)[nH]c2c1C(=O)CCC2. The Kier molecular flexibility index (Phi) is 3.78. The fraction of sp³-hybridized carbons (Fsp3) is 0.600. The molecule has 4 nitrogen and oxygen atoms in total. The number of Topliss-reactive ketones (excluding diaryl/α,β-unsaturated/α-hetero) is 1. The number of hydrogen-bond donors (Lipinski definition) is 2. The van der Waals surface area contributed by atoms with Gasteiger partial charge in [-0.3, -0.25) is 9.59 Å². The second kappa shape index (κ2) is 5.19. The molecule has 1 atom stereocenters. The van der Waals surface area contributed by atoms with E-state index in [0.717, 1.165) is 29.7 Å². The van der Waals surface area contributed by atoms with E-state index in [0.29, 0.717) is 18.0 Å². The summed E-state index contributed by atoms with van der Waals surface area (Å²) in [7, 11) is 0. The Labute approximate surface area is 114 Å². The number of amides is 1.